The normalized spacial score (nSPS) is 11.2. The first-order valence-corrected chi connectivity index (χ1v) is 7.70. The second-order valence-electron chi connectivity index (χ2n) is 4.00. The Morgan fingerprint density at radius 2 is 1.76 bits per heavy atom. The van der Waals surface area contributed by atoms with E-state index in [1.807, 2.05) is 0 Å². The highest BCUT2D eigenvalue weighted by Gasteiger charge is 2.11. The summed E-state index contributed by atoms with van der Waals surface area (Å²) >= 11 is 7.01. The molecule has 1 aromatic carbocycles. The standard InChI is InChI=1S/C13H10BrNS2/c1-7-3-4-8(2)12-11(7)15-13(17-12)9-5-6-10(14)16-9/h3-6H,1-2H3. The van der Waals surface area contributed by atoms with E-state index in [4.69, 9.17) is 4.98 Å². The lowest BCUT2D eigenvalue weighted by Gasteiger charge is -1.96. The van der Waals surface area contributed by atoms with Crippen LogP contribution in [0.5, 0.6) is 0 Å². The largest absolute Gasteiger partial charge is 0.235 e. The lowest BCUT2D eigenvalue weighted by Crippen LogP contribution is -1.78. The third kappa shape index (κ3) is 1.94. The number of hydrogen-bond acceptors (Lipinski definition) is 3. The minimum Gasteiger partial charge on any atom is -0.235 e. The quantitative estimate of drug-likeness (QED) is 0.584. The van der Waals surface area contributed by atoms with E-state index in [1.54, 1.807) is 22.7 Å². The van der Waals surface area contributed by atoms with Gasteiger partial charge in [-0.2, -0.15) is 0 Å². The van der Waals surface area contributed by atoms with Crippen molar-refractivity contribution in [2.24, 2.45) is 0 Å². The number of aromatic nitrogens is 1. The molecule has 1 nitrogen and oxygen atoms in total. The number of thiazole rings is 1. The highest BCUT2D eigenvalue weighted by Crippen LogP contribution is 2.37. The summed E-state index contributed by atoms with van der Waals surface area (Å²) in [6, 6.07) is 8.51. The number of halogens is 1. The fraction of sp³-hybridized carbons (Fsp3) is 0.154. The smallest absolute Gasteiger partial charge is 0.134 e. The van der Waals surface area contributed by atoms with E-state index in [0.29, 0.717) is 0 Å². The Balaban J connectivity index is 2.26. The highest BCUT2D eigenvalue weighted by atomic mass is 79.9. The molecule has 0 bridgehead atoms. The Labute approximate surface area is 116 Å². The molecule has 0 saturated carbocycles. The highest BCUT2D eigenvalue weighted by molar-refractivity contribution is 9.11. The Morgan fingerprint density at radius 1 is 1.00 bits per heavy atom. The summed E-state index contributed by atoms with van der Waals surface area (Å²) in [5, 5.41) is 1.12. The van der Waals surface area contributed by atoms with Crippen molar-refractivity contribution in [1.29, 1.82) is 0 Å². The second kappa shape index (κ2) is 4.19. The Kier molecular flexibility index (Phi) is 2.81. The molecule has 0 amide bonds. The minimum atomic E-state index is 1.12. The van der Waals surface area contributed by atoms with Crippen LogP contribution in [-0.4, -0.2) is 4.98 Å². The van der Waals surface area contributed by atoms with Crippen molar-refractivity contribution in [3.8, 4) is 9.88 Å². The van der Waals surface area contributed by atoms with E-state index in [-0.39, 0.29) is 0 Å². The van der Waals surface area contributed by atoms with Crippen LogP contribution >= 0.6 is 38.6 Å². The van der Waals surface area contributed by atoms with Crippen LogP contribution in [0, 0.1) is 13.8 Å². The van der Waals surface area contributed by atoms with Crippen molar-refractivity contribution in [2.75, 3.05) is 0 Å². The van der Waals surface area contributed by atoms with Gasteiger partial charge in [-0.3, -0.25) is 0 Å². The van der Waals surface area contributed by atoms with Gasteiger partial charge in [0.05, 0.1) is 18.9 Å². The van der Waals surface area contributed by atoms with Gasteiger partial charge >= 0.3 is 0 Å². The maximum atomic E-state index is 4.76. The summed E-state index contributed by atoms with van der Waals surface area (Å²) in [6.07, 6.45) is 0. The lowest BCUT2D eigenvalue weighted by atomic mass is 10.1. The van der Waals surface area contributed by atoms with Gasteiger partial charge in [-0.1, -0.05) is 12.1 Å². The second-order valence-corrected chi connectivity index (χ2v) is 7.46. The molecule has 0 fully saturated rings. The molecule has 0 radical (unpaired) electrons. The summed E-state index contributed by atoms with van der Waals surface area (Å²) in [5.41, 5.74) is 3.71. The molecule has 0 aliphatic heterocycles. The monoisotopic (exact) mass is 323 g/mol. The van der Waals surface area contributed by atoms with E-state index < -0.39 is 0 Å². The molecule has 3 aromatic rings. The molecule has 3 rings (SSSR count). The van der Waals surface area contributed by atoms with Gasteiger partial charge in [0.25, 0.3) is 0 Å². The zero-order valence-corrected chi connectivity index (χ0v) is 12.7. The summed E-state index contributed by atoms with van der Waals surface area (Å²) in [7, 11) is 0. The maximum absolute atomic E-state index is 4.76. The maximum Gasteiger partial charge on any atom is 0.134 e. The minimum absolute atomic E-state index is 1.12. The van der Waals surface area contributed by atoms with Crippen molar-refractivity contribution in [3.05, 3.63) is 39.2 Å². The van der Waals surface area contributed by atoms with Crippen LogP contribution in [0.15, 0.2) is 28.1 Å². The molecular formula is C13H10BrNS2. The van der Waals surface area contributed by atoms with Crippen molar-refractivity contribution in [1.82, 2.24) is 4.98 Å². The summed E-state index contributed by atoms with van der Waals surface area (Å²) in [4.78, 5) is 6.00. The number of hydrogen-bond donors (Lipinski definition) is 0. The molecule has 2 heterocycles. The zero-order valence-electron chi connectivity index (χ0n) is 9.45. The van der Waals surface area contributed by atoms with Crippen LogP contribution in [0.4, 0.5) is 0 Å². The van der Waals surface area contributed by atoms with Crippen LogP contribution in [0.2, 0.25) is 0 Å². The van der Waals surface area contributed by atoms with Crippen molar-refractivity contribution in [3.63, 3.8) is 0 Å². The number of nitrogens with zero attached hydrogens (tertiary/aromatic N) is 1. The van der Waals surface area contributed by atoms with Gasteiger partial charge in [-0.15, -0.1) is 22.7 Å². The Hall–Kier alpha value is -0.710. The lowest BCUT2D eigenvalue weighted by molar-refractivity contribution is 1.41. The van der Waals surface area contributed by atoms with Gasteiger partial charge in [-0.05, 0) is 53.0 Å². The fourth-order valence-corrected chi connectivity index (χ4v) is 4.35. The Bertz CT molecular complexity index is 658. The molecule has 0 aliphatic carbocycles. The molecule has 86 valence electrons. The first-order valence-electron chi connectivity index (χ1n) is 5.27. The molecule has 0 unspecified atom stereocenters. The van der Waals surface area contributed by atoms with Crippen LogP contribution < -0.4 is 0 Å². The molecule has 4 heteroatoms. The Morgan fingerprint density at radius 3 is 2.41 bits per heavy atom. The third-order valence-corrected chi connectivity index (χ3v) is 5.71. The van der Waals surface area contributed by atoms with Crippen molar-refractivity contribution < 1.29 is 0 Å². The average molecular weight is 324 g/mol. The van der Waals surface area contributed by atoms with Crippen LogP contribution in [0.1, 0.15) is 11.1 Å². The van der Waals surface area contributed by atoms with Crippen LogP contribution in [0.25, 0.3) is 20.1 Å². The molecule has 0 N–H and O–H groups in total. The predicted molar refractivity (Wildman–Crippen MR) is 80.1 cm³/mol. The number of fused-ring (bicyclic) bond motifs is 1. The molecule has 0 atom stereocenters. The third-order valence-electron chi connectivity index (χ3n) is 2.73. The predicted octanol–water partition coefficient (Wildman–Crippen LogP) is 5.40. The van der Waals surface area contributed by atoms with Crippen molar-refractivity contribution in [2.45, 2.75) is 13.8 Å². The first kappa shape index (κ1) is 11.4. The van der Waals surface area contributed by atoms with Gasteiger partial charge in [0.15, 0.2) is 0 Å². The number of benzene rings is 1. The van der Waals surface area contributed by atoms with E-state index in [1.165, 1.54) is 20.7 Å². The number of aryl methyl sites for hydroxylation is 2. The molecular weight excluding hydrogens is 314 g/mol. The summed E-state index contributed by atoms with van der Waals surface area (Å²) in [5.74, 6) is 0. The van der Waals surface area contributed by atoms with Gasteiger partial charge < -0.3 is 0 Å². The molecule has 0 saturated heterocycles. The van der Waals surface area contributed by atoms with Gasteiger partial charge in [0.2, 0.25) is 0 Å². The van der Waals surface area contributed by atoms with Gasteiger partial charge in [0, 0.05) is 0 Å². The van der Waals surface area contributed by atoms with Gasteiger partial charge in [0.1, 0.15) is 5.01 Å². The summed E-state index contributed by atoms with van der Waals surface area (Å²) in [6.45, 7) is 4.27. The molecule has 2 aromatic heterocycles. The van der Waals surface area contributed by atoms with Gasteiger partial charge in [-0.25, -0.2) is 4.98 Å². The van der Waals surface area contributed by atoms with E-state index >= 15 is 0 Å². The van der Waals surface area contributed by atoms with Crippen LogP contribution in [0.3, 0.4) is 0 Å². The zero-order chi connectivity index (χ0) is 12.0. The SMILES string of the molecule is Cc1ccc(C)c2sc(-c3ccc(Br)s3)nc12. The number of rotatable bonds is 1. The number of thiophene rings is 1. The van der Waals surface area contributed by atoms with E-state index in [9.17, 15) is 0 Å². The van der Waals surface area contributed by atoms with Crippen molar-refractivity contribution >= 4 is 48.8 Å². The molecule has 0 spiro atoms. The van der Waals surface area contributed by atoms with E-state index in [2.05, 4.69) is 54.0 Å². The molecule has 0 aliphatic rings. The summed E-state index contributed by atoms with van der Waals surface area (Å²) < 4.78 is 2.46. The fourth-order valence-electron chi connectivity index (χ4n) is 1.79. The average Bonchev–Trinajstić information content (AvgIpc) is 2.90. The topological polar surface area (TPSA) is 12.9 Å². The molecule has 17 heavy (non-hydrogen) atoms. The van der Waals surface area contributed by atoms with Crippen LogP contribution in [-0.2, 0) is 0 Å². The first-order chi connectivity index (χ1) is 8.15. The van der Waals surface area contributed by atoms with E-state index in [0.717, 1.165) is 14.3 Å².